The number of anilines is 1. The average molecular weight is 322 g/mol. The first-order valence-electron chi connectivity index (χ1n) is 8.22. The highest BCUT2D eigenvalue weighted by Gasteiger charge is 2.34. The van der Waals surface area contributed by atoms with Gasteiger partial charge in [0.25, 0.3) is 5.91 Å². The van der Waals surface area contributed by atoms with E-state index in [0.29, 0.717) is 18.5 Å². The summed E-state index contributed by atoms with van der Waals surface area (Å²) in [4.78, 5) is 26.9. The molecule has 124 valence electrons. The first-order chi connectivity index (χ1) is 11.5. The Bertz CT molecular complexity index is 798. The van der Waals surface area contributed by atoms with E-state index in [0.717, 1.165) is 16.8 Å². The number of hydrogen-bond acceptors (Lipinski definition) is 2. The van der Waals surface area contributed by atoms with Crippen molar-refractivity contribution in [3.63, 3.8) is 0 Å². The maximum atomic E-state index is 12.7. The number of amides is 2. The Hall–Kier alpha value is -2.62. The summed E-state index contributed by atoms with van der Waals surface area (Å²) >= 11 is 0. The Morgan fingerprint density at radius 1 is 1.04 bits per heavy atom. The van der Waals surface area contributed by atoms with Crippen molar-refractivity contribution in [2.75, 3.05) is 11.4 Å². The summed E-state index contributed by atoms with van der Waals surface area (Å²) in [5, 5.41) is 2.88. The minimum atomic E-state index is -0.460. The normalized spacial score (nSPS) is 17.2. The lowest BCUT2D eigenvalue weighted by molar-refractivity contribution is -0.118. The van der Waals surface area contributed by atoms with Crippen LogP contribution < -0.4 is 10.2 Å². The van der Waals surface area contributed by atoms with Crippen molar-refractivity contribution in [3.05, 3.63) is 64.7 Å². The zero-order chi connectivity index (χ0) is 17.3. The molecule has 0 saturated carbocycles. The topological polar surface area (TPSA) is 49.4 Å². The molecule has 0 radical (unpaired) electrons. The van der Waals surface area contributed by atoms with Crippen molar-refractivity contribution in [1.29, 1.82) is 0 Å². The van der Waals surface area contributed by atoms with Gasteiger partial charge in [0.1, 0.15) is 6.04 Å². The minimum absolute atomic E-state index is 0.0415. The van der Waals surface area contributed by atoms with Crippen LogP contribution in [-0.4, -0.2) is 24.4 Å². The summed E-state index contributed by atoms with van der Waals surface area (Å²) in [5.74, 6) is -0.228. The zero-order valence-corrected chi connectivity index (χ0v) is 14.3. The van der Waals surface area contributed by atoms with Gasteiger partial charge in [-0.05, 0) is 62.1 Å². The lowest BCUT2D eigenvalue weighted by atomic mass is 10.1. The molecule has 3 rings (SSSR count). The molecule has 2 aromatic rings. The van der Waals surface area contributed by atoms with Gasteiger partial charge in [-0.2, -0.15) is 0 Å². The van der Waals surface area contributed by atoms with Crippen LogP contribution >= 0.6 is 0 Å². The van der Waals surface area contributed by atoms with E-state index in [1.165, 1.54) is 5.56 Å². The molecule has 1 N–H and O–H groups in total. The predicted octanol–water partition coefficient (Wildman–Crippen LogP) is 3.15. The second-order valence-corrected chi connectivity index (χ2v) is 6.39. The molecule has 0 aliphatic carbocycles. The van der Waals surface area contributed by atoms with Crippen LogP contribution in [0.25, 0.3) is 0 Å². The second kappa shape index (κ2) is 6.48. The van der Waals surface area contributed by atoms with Gasteiger partial charge in [-0.25, -0.2) is 0 Å². The molecule has 0 spiro atoms. The van der Waals surface area contributed by atoms with E-state index in [1.807, 2.05) is 50.2 Å². The Balaban J connectivity index is 1.73. The van der Waals surface area contributed by atoms with Crippen molar-refractivity contribution >= 4 is 17.5 Å². The van der Waals surface area contributed by atoms with Crippen LogP contribution in [0.1, 0.15) is 33.5 Å². The van der Waals surface area contributed by atoms with Crippen molar-refractivity contribution in [1.82, 2.24) is 5.32 Å². The molecule has 1 saturated heterocycles. The number of aryl methyl sites for hydroxylation is 3. The average Bonchev–Trinajstić information content (AvgIpc) is 2.91. The second-order valence-electron chi connectivity index (χ2n) is 6.39. The number of rotatable bonds is 3. The molecule has 1 fully saturated rings. The molecule has 1 aliphatic heterocycles. The molecule has 0 bridgehead atoms. The van der Waals surface area contributed by atoms with E-state index in [9.17, 15) is 9.59 Å². The number of carbonyl (C=O) groups excluding carboxylic acids is 2. The summed E-state index contributed by atoms with van der Waals surface area (Å²) in [6, 6.07) is 13.0. The fourth-order valence-corrected chi connectivity index (χ4v) is 3.03. The van der Waals surface area contributed by atoms with Gasteiger partial charge in [0.15, 0.2) is 0 Å². The third-order valence-corrected chi connectivity index (χ3v) is 4.70. The third-order valence-electron chi connectivity index (χ3n) is 4.70. The van der Waals surface area contributed by atoms with Gasteiger partial charge < -0.3 is 10.2 Å². The van der Waals surface area contributed by atoms with Gasteiger partial charge in [-0.3, -0.25) is 9.59 Å². The summed E-state index contributed by atoms with van der Waals surface area (Å²) < 4.78 is 0. The van der Waals surface area contributed by atoms with Crippen LogP contribution in [0.2, 0.25) is 0 Å². The van der Waals surface area contributed by atoms with Crippen LogP contribution in [0.5, 0.6) is 0 Å². The Morgan fingerprint density at radius 2 is 1.79 bits per heavy atom. The van der Waals surface area contributed by atoms with Crippen LogP contribution in [0, 0.1) is 20.8 Å². The van der Waals surface area contributed by atoms with Gasteiger partial charge >= 0.3 is 0 Å². The van der Waals surface area contributed by atoms with E-state index >= 15 is 0 Å². The van der Waals surface area contributed by atoms with Crippen LogP contribution in [0.15, 0.2) is 42.5 Å². The molecule has 4 nitrogen and oxygen atoms in total. The fraction of sp³-hybridized carbons (Fsp3) is 0.300. The van der Waals surface area contributed by atoms with Gasteiger partial charge in [0, 0.05) is 17.8 Å². The molecule has 0 unspecified atom stereocenters. The maximum Gasteiger partial charge on any atom is 0.252 e. The van der Waals surface area contributed by atoms with E-state index in [1.54, 1.807) is 11.0 Å². The van der Waals surface area contributed by atoms with Gasteiger partial charge in [-0.1, -0.05) is 24.3 Å². The van der Waals surface area contributed by atoms with Gasteiger partial charge in [0.2, 0.25) is 5.91 Å². The minimum Gasteiger partial charge on any atom is -0.340 e. The molecule has 24 heavy (non-hydrogen) atoms. The monoisotopic (exact) mass is 322 g/mol. The van der Waals surface area contributed by atoms with Gasteiger partial charge in [-0.15, -0.1) is 0 Å². The van der Waals surface area contributed by atoms with Crippen molar-refractivity contribution in [2.24, 2.45) is 0 Å². The molecule has 2 aromatic carbocycles. The highest BCUT2D eigenvalue weighted by molar-refractivity contribution is 6.04. The number of carbonyl (C=O) groups is 2. The third kappa shape index (κ3) is 3.04. The SMILES string of the molecule is Cc1ccc(N2CC[C@@H](NC(=O)c3ccccc3C)C2=O)cc1C. The van der Waals surface area contributed by atoms with Crippen molar-refractivity contribution < 1.29 is 9.59 Å². The lowest BCUT2D eigenvalue weighted by Crippen LogP contribution is -2.41. The molecule has 1 atom stereocenters. The smallest absolute Gasteiger partial charge is 0.252 e. The van der Waals surface area contributed by atoms with E-state index < -0.39 is 6.04 Å². The summed E-state index contributed by atoms with van der Waals surface area (Å²) in [6.07, 6.45) is 0.628. The van der Waals surface area contributed by atoms with E-state index in [-0.39, 0.29) is 11.8 Å². The molecular formula is C20H22N2O2. The highest BCUT2D eigenvalue weighted by atomic mass is 16.2. The van der Waals surface area contributed by atoms with E-state index in [2.05, 4.69) is 12.2 Å². The largest absolute Gasteiger partial charge is 0.340 e. The Labute approximate surface area is 142 Å². The summed E-state index contributed by atoms with van der Waals surface area (Å²) in [5.41, 5.74) is 4.79. The molecule has 1 aliphatic rings. The first-order valence-corrected chi connectivity index (χ1v) is 8.22. The van der Waals surface area contributed by atoms with E-state index in [4.69, 9.17) is 0 Å². The van der Waals surface area contributed by atoms with Gasteiger partial charge in [0.05, 0.1) is 0 Å². The number of hydrogen-bond donors (Lipinski definition) is 1. The Morgan fingerprint density at radius 3 is 2.50 bits per heavy atom. The highest BCUT2D eigenvalue weighted by Crippen LogP contribution is 2.24. The summed E-state index contributed by atoms with van der Waals surface area (Å²) in [7, 11) is 0. The molecule has 0 aromatic heterocycles. The van der Waals surface area contributed by atoms with Crippen LogP contribution in [0.3, 0.4) is 0 Å². The molecular weight excluding hydrogens is 300 g/mol. The van der Waals surface area contributed by atoms with Crippen LogP contribution in [-0.2, 0) is 4.79 Å². The standard InChI is InChI=1S/C20H22N2O2/c1-13-8-9-16(12-15(13)3)22-11-10-18(20(22)24)21-19(23)17-7-5-4-6-14(17)2/h4-9,12,18H,10-11H2,1-3H3,(H,21,23)/t18-/m1/s1. The number of nitrogens with zero attached hydrogens (tertiary/aromatic N) is 1. The zero-order valence-electron chi connectivity index (χ0n) is 14.3. The number of nitrogens with one attached hydrogen (secondary N) is 1. The summed E-state index contributed by atoms with van der Waals surface area (Å²) in [6.45, 7) is 6.61. The Kier molecular flexibility index (Phi) is 4.38. The lowest BCUT2D eigenvalue weighted by Gasteiger charge is -2.18. The van der Waals surface area contributed by atoms with Crippen molar-refractivity contribution in [2.45, 2.75) is 33.2 Å². The number of benzene rings is 2. The first kappa shape index (κ1) is 16.2. The maximum absolute atomic E-state index is 12.7. The molecule has 1 heterocycles. The molecule has 4 heteroatoms. The van der Waals surface area contributed by atoms with Crippen LogP contribution in [0.4, 0.5) is 5.69 Å². The fourth-order valence-electron chi connectivity index (χ4n) is 3.03. The predicted molar refractivity (Wildman–Crippen MR) is 95.3 cm³/mol. The van der Waals surface area contributed by atoms with Crippen molar-refractivity contribution in [3.8, 4) is 0 Å². The quantitative estimate of drug-likeness (QED) is 0.944. The molecule has 2 amide bonds.